The van der Waals surface area contributed by atoms with Crippen LogP contribution in [0.15, 0.2) is 30.3 Å². The summed E-state index contributed by atoms with van der Waals surface area (Å²) in [7, 11) is 0. The smallest absolute Gasteiger partial charge is 0.245 e. The van der Waals surface area contributed by atoms with Crippen molar-refractivity contribution in [2.45, 2.75) is 38.9 Å². The van der Waals surface area contributed by atoms with Crippen LogP contribution in [0.5, 0.6) is 0 Å². The zero-order valence-electron chi connectivity index (χ0n) is 12.6. The molecule has 2 amide bonds. The number of nitrogens with two attached hydrogens (primary N) is 1. The van der Waals surface area contributed by atoms with Crippen molar-refractivity contribution in [1.29, 1.82) is 0 Å². The average molecular weight is 289 g/mol. The second-order valence-corrected chi connectivity index (χ2v) is 5.87. The maximum absolute atomic E-state index is 12.3. The van der Waals surface area contributed by atoms with Gasteiger partial charge in [-0.3, -0.25) is 9.59 Å². The van der Waals surface area contributed by atoms with Crippen LogP contribution in [-0.2, 0) is 16.1 Å². The van der Waals surface area contributed by atoms with E-state index in [4.69, 9.17) is 5.73 Å². The lowest BCUT2D eigenvalue weighted by atomic mass is 10.0. The van der Waals surface area contributed by atoms with Crippen molar-refractivity contribution in [2.75, 3.05) is 6.54 Å². The Balaban J connectivity index is 1.91. The Hall–Kier alpha value is -1.88. The lowest BCUT2D eigenvalue weighted by molar-refractivity contribution is -0.133. The maximum atomic E-state index is 12.3. The summed E-state index contributed by atoms with van der Waals surface area (Å²) < 4.78 is 0. The van der Waals surface area contributed by atoms with Crippen LogP contribution in [0.25, 0.3) is 0 Å². The standard InChI is InChI=1S/C16H23N3O2/c1-11(2)14(17)15(20)18-13-8-9-19(16(13)21)10-12-6-4-3-5-7-12/h3-7,11,13-14H,8-10,17H2,1-2H3,(H,18,20)/t13?,14-/m0/s1. The van der Waals surface area contributed by atoms with Crippen molar-refractivity contribution < 1.29 is 9.59 Å². The number of carbonyl (C=O) groups is 2. The molecule has 5 nitrogen and oxygen atoms in total. The van der Waals surface area contributed by atoms with Crippen LogP contribution >= 0.6 is 0 Å². The molecule has 1 saturated heterocycles. The number of amides is 2. The number of hydrogen-bond acceptors (Lipinski definition) is 3. The molecule has 1 aliphatic rings. The highest BCUT2D eigenvalue weighted by molar-refractivity contribution is 5.91. The Morgan fingerprint density at radius 3 is 2.67 bits per heavy atom. The Morgan fingerprint density at radius 1 is 1.38 bits per heavy atom. The summed E-state index contributed by atoms with van der Waals surface area (Å²) in [6, 6.07) is 8.84. The molecule has 5 heteroatoms. The molecule has 0 aliphatic carbocycles. The molecular weight excluding hydrogens is 266 g/mol. The molecular formula is C16H23N3O2. The molecule has 114 valence electrons. The van der Waals surface area contributed by atoms with E-state index in [2.05, 4.69) is 5.32 Å². The molecule has 0 saturated carbocycles. The van der Waals surface area contributed by atoms with Gasteiger partial charge in [0.05, 0.1) is 6.04 Å². The molecule has 1 heterocycles. The van der Waals surface area contributed by atoms with Crippen LogP contribution in [0.3, 0.4) is 0 Å². The summed E-state index contributed by atoms with van der Waals surface area (Å²) in [4.78, 5) is 26.0. The van der Waals surface area contributed by atoms with E-state index >= 15 is 0 Å². The van der Waals surface area contributed by atoms with Crippen LogP contribution in [0.2, 0.25) is 0 Å². The van der Waals surface area contributed by atoms with Crippen LogP contribution in [-0.4, -0.2) is 35.3 Å². The first-order valence-corrected chi connectivity index (χ1v) is 7.37. The number of hydrogen-bond donors (Lipinski definition) is 2. The predicted octanol–water partition coefficient (Wildman–Crippen LogP) is 0.887. The van der Waals surface area contributed by atoms with Crippen LogP contribution in [0.1, 0.15) is 25.8 Å². The number of carbonyl (C=O) groups excluding carboxylic acids is 2. The molecule has 2 rings (SSSR count). The first-order chi connectivity index (χ1) is 9.99. The Kier molecular flexibility index (Phi) is 4.96. The predicted molar refractivity (Wildman–Crippen MR) is 81.2 cm³/mol. The second-order valence-electron chi connectivity index (χ2n) is 5.87. The highest BCUT2D eigenvalue weighted by atomic mass is 16.2. The molecule has 0 spiro atoms. The topological polar surface area (TPSA) is 75.4 Å². The largest absolute Gasteiger partial charge is 0.343 e. The van der Waals surface area contributed by atoms with E-state index in [1.807, 2.05) is 44.2 Å². The Labute approximate surface area is 125 Å². The quantitative estimate of drug-likeness (QED) is 0.845. The normalized spacial score (nSPS) is 19.9. The van der Waals surface area contributed by atoms with Gasteiger partial charge in [-0.1, -0.05) is 44.2 Å². The lowest BCUT2D eigenvalue weighted by Crippen LogP contribution is -2.50. The fraction of sp³-hybridized carbons (Fsp3) is 0.500. The van der Waals surface area contributed by atoms with Crippen molar-refractivity contribution in [3.05, 3.63) is 35.9 Å². The lowest BCUT2D eigenvalue weighted by Gasteiger charge is -2.20. The van der Waals surface area contributed by atoms with Gasteiger partial charge in [-0.2, -0.15) is 0 Å². The van der Waals surface area contributed by atoms with Gasteiger partial charge in [-0.25, -0.2) is 0 Å². The zero-order chi connectivity index (χ0) is 15.4. The van der Waals surface area contributed by atoms with Gasteiger partial charge in [-0.05, 0) is 17.9 Å². The molecule has 1 aromatic rings. The zero-order valence-corrected chi connectivity index (χ0v) is 12.6. The third kappa shape index (κ3) is 3.82. The maximum Gasteiger partial charge on any atom is 0.245 e. The minimum atomic E-state index is -0.569. The van der Waals surface area contributed by atoms with Crippen molar-refractivity contribution >= 4 is 11.8 Å². The second kappa shape index (κ2) is 6.72. The summed E-state index contributed by atoms with van der Waals surface area (Å²) in [6.07, 6.45) is 0.641. The molecule has 0 radical (unpaired) electrons. The molecule has 21 heavy (non-hydrogen) atoms. The molecule has 3 N–H and O–H groups in total. The van der Waals surface area contributed by atoms with Crippen molar-refractivity contribution in [2.24, 2.45) is 11.7 Å². The van der Waals surface area contributed by atoms with E-state index < -0.39 is 12.1 Å². The van der Waals surface area contributed by atoms with Gasteiger partial charge in [0.25, 0.3) is 0 Å². The van der Waals surface area contributed by atoms with Crippen molar-refractivity contribution in [3.63, 3.8) is 0 Å². The van der Waals surface area contributed by atoms with Crippen molar-refractivity contribution in [1.82, 2.24) is 10.2 Å². The van der Waals surface area contributed by atoms with Gasteiger partial charge in [0.2, 0.25) is 11.8 Å². The molecule has 1 aromatic carbocycles. The minimum Gasteiger partial charge on any atom is -0.343 e. The fourth-order valence-corrected chi connectivity index (χ4v) is 2.40. The molecule has 1 aliphatic heterocycles. The Bertz CT molecular complexity index is 502. The van der Waals surface area contributed by atoms with Crippen molar-refractivity contribution in [3.8, 4) is 0 Å². The van der Waals surface area contributed by atoms with Gasteiger partial charge in [0.15, 0.2) is 0 Å². The van der Waals surface area contributed by atoms with Gasteiger partial charge in [0.1, 0.15) is 6.04 Å². The van der Waals surface area contributed by atoms with Crippen LogP contribution in [0, 0.1) is 5.92 Å². The number of benzene rings is 1. The van der Waals surface area contributed by atoms with Gasteiger partial charge in [0, 0.05) is 13.1 Å². The highest BCUT2D eigenvalue weighted by Crippen LogP contribution is 2.15. The number of rotatable bonds is 5. The number of likely N-dealkylation sites (tertiary alicyclic amines) is 1. The van der Waals surface area contributed by atoms with Crippen LogP contribution in [0.4, 0.5) is 0 Å². The summed E-state index contributed by atoms with van der Waals surface area (Å²) in [5.41, 5.74) is 6.90. The van der Waals surface area contributed by atoms with Gasteiger partial charge < -0.3 is 16.0 Å². The summed E-state index contributed by atoms with van der Waals surface area (Å²) in [6.45, 7) is 5.03. The first-order valence-electron chi connectivity index (χ1n) is 7.37. The SMILES string of the molecule is CC(C)[C@H](N)C(=O)NC1CCN(Cc2ccccc2)C1=O. The van der Waals surface area contributed by atoms with Gasteiger partial charge >= 0.3 is 0 Å². The highest BCUT2D eigenvalue weighted by Gasteiger charge is 2.33. The van der Waals surface area contributed by atoms with E-state index in [1.165, 1.54) is 0 Å². The third-order valence-electron chi connectivity index (χ3n) is 3.85. The van der Waals surface area contributed by atoms with E-state index in [0.717, 1.165) is 5.56 Å². The van der Waals surface area contributed by atoms with Gasteiger partial charge in [-0.15, -0.1) is 0 Å². The summed E-state index contributed by atoms with van der Waals surface area (Å²) in [5.74, 6) is -0.213. The third-order valence-corrected chi connectivity index (χ3v) is 3.85. The van der Waals surface area contributed by atoms with Crippen LogP contribution < -0.4 is 11.1 Å². The summed E-state index contributed by atoms with van der Waals surface area (Å²) >= 11 is 0. The van der Waals surface area contributed by atoms with E-state index in [-0.39, 0.29) is 17.7 Å². The Morgan fingerprint density at radius 2 is 2.05 bits per heavy atom. The minimum absolute atomic E-state index is 0.0249. The fourth-order valence-electron chi connectivity index (χ4n) is 2.40. The molecule has 0 aromatic heterocycles. The monoisotopic (exact) mass is 289 g/mol. The number of nitrogens with one attached hydrogen (secondary N) is 1. The molecule has 1 unspecified atom stereocenters. The molecule has 1 fully saturated rings. The average Bonchev–Trinajstić information content (AvgIpc) is 2.80. The first kappa shape index (κ1) is 15.5. The van der Waals surface area contributed by atoms with E-state index in [1.54, 1.807) is 4.90 Å². The van der Waals surface area contributed by atoms with E-state index in [0.29, 0.717) is 19.5 Å². The summed E-state index contributed by atoms with van der Waals surface area (Å²) in [5, 5.41) is 2.77. The number of nitrogens with zero attached hydrogens (tertiary/aromatic N) is 1. The molecule has 0 bridgehead atoms. The molecule has 2 atom stereocenters. The van der Waals surface area contributed by atoms with E-state index in [9.17, 15) is 9.59 Å².